The number of nitrogens with one attached hydrogen (secondary N) is 1. The van der Waals surface area contributed by atoms with E-state index in [1.807, 2.05) is 13.8 Å². The number of anilines is 1. The highest BCUT2D eigenvalue weighted by atomic mass is 16.5. The molecule has 3 heterocycles. The fourth-order valence-electron chi connectivity index (χ4n) is 5.04. The summed E-state index contributed by atoms with van der Waals surface area (Å²) < 4.78 is 11.5. The van der Waals surface area contributed by atoms with Gasteiger partial charge in [-0.1, -0.05) is 43.2 Å². The number of pyridine rings is 1. The number of urea groups is 1. The first kappa shape index (κ1) is 28.4. The Morgan fingerprint density at radius 1 is 1.31 bits per heavy atom. The van der Waals surface area contributed by atoms with Crippen molar-refractivity contribution in [3.63, 3.8) is 0 Å². The Kier molecular flexibility index (Phi) is 9.12. The SMILES string of the molecule is Cc1noc(C)c1NC(=O)N(C)C[C@@H]1Oc2ncc(C#CC3CCCCC3)cc2C(=O)N([C@@H](C)CO)C[C@@H]1C. The largest absolute Gasteiger partial charge is 0.472 e. The molecule has 0 bridgehead atoms. The molecule has 10 nitrogen and oxygen atoms in total. The third-order valence-electron chi connectivity index (χ3n) is 7.61. The van der Waals surface area contributed by atoms with Gasteiger partial charge in [0.1, 0.15) is 23.0 Å². The minimum absolute atomic E-state index is 0.155. The quantitative estimate of drug-likeness (QED) is 0.553. The highest BCUT2D eigenvalue weighted by Crippen LogP contribution is 2.28. The molecule has 39 heavy (non-hydrogen) atoms. The first-order chi connectivity index (χ1) is 18.7. The molecule has 0 unspecified atom stereocenters. The summed E-state index contributed by atoms with van der Waals surface area (Å²) >= 11 is 0. The summed E-state index contributed by atoms with van der Waals surface area (Å²) in [5.74, 6) is 7.26. The van der Waals surface area contributed by atoms with Crippen LogP contribution in [0.5, 0.6) is 5.88 Å². The lowest BCUT2D eigenvalue weighted by molar-refractivity contribution is 0.0356. The lowest BCUT2D eigenvalue weighted by atomic mass is 9.90. The third-order valence-corrected chi connectivity index (χ3v) is 7.61. The minimum atomic E-state index is -0.461. The molecule has 0 saturated heterocycles. The van der Waals surface area contributed by atoms with Crippen LogP contribution in [0.1, 0.15) is 73.3 Å². The van der Waals surface area contributed by atoms with E-state index in [2.05, 4.69) is 27.3 Å². The van der Waals surface area contributed by atoms with Crippen molar-refractivity contribution in [2.75, 3.05) is 32.1 Å². The van der Waals surface area contributed by atoms with E-state index < -0.39 is 12.1 Å². The number of amides is 3. The fraction of sp³-hybridized carbons (Fsp3) is 0.586. The number of hydrogen-bond acceptors (Lipinski definition) is 7. The molecule has 0 aromatic carbocycles. The predicted molar refractivity (Wildman–Crippen MR) is 146 cm³/mol. The van der Waals surface area contributed by atoms with Crippen molar-refractivity contribution >= 4 is 17.6 Å². The van der Waals surface area contributed by atoms with Gasteiger partial charge in [-0.3, -0.25) is 4.79 Å². The van der Waals surface area contributed by atoms with Gasteiger partial charge in [-0.15, -0.1) is 0 Å². The van der Waals surface area contributed by atoms with E-state index in [0.717, 1.165) is 12.8 Å². The van der Waals surface area contributed by atoms with Gasteiger partial charge in [-0.05, 0) is 39.7 Å². The van der Waals surface area contributed by atoms with Gasteiger partial charge in [0.25, 0.3) is 5.91 Å². The Labute approximate surface area is 230 Å². The molecule has 0 spiro atoms. The minimum Gasteiger partial charge on any atom is -0.472 e. The number of rotatable bonds is 5. The molecule has 1 saturated carbocycles. The number of carbonyl (C=O) groups is 2. The summed E-state index contributed by atoms with van der Waals surface area (Å²) in [6.07, 6.45) is 7.05. The third kappa shape index (κ3) is 6.71. The number of hydrogen-bond donors (Lipinski definition) is 2. The summed E-state index contributed by atoms with van der Waals surface area (Å²) in [5.41, 5.74) is 2.11. The van der Waals surface area contributed by atoms with Gasteiger partial charge in [-0.25, -0.2) is 9.78 Å². The number of fused-ring (bicyclic) bond motifs is 1. The number of nitrogens with zero attached hydrogens (tertiary/aromatic N) is 4. The van der Waals surface area contributed by atoms with Crippen LogP contribution in [0.4, 0.5) is 10.5 Å². The molecule has 3 atom stereocenters. The number of aliphatic hydroxyl groups excluding tert-OH is 1. The molecule has 10 heteroatoms. The zero-order valence-corrected chi connectivity index (χ0v) is 23.5. The first-order valence-corrected chi connectivity index (χ1v) is 13.7. The van der Waals surface area contributed by atoms with Crippen molar-refractivity contribution in [1.82, 2.24) is 19.9 Å². The Hall–Kier alpha value is -3.58. The molecule has 3 amide bonds. The molecule has 2 aromatic heterocycles. The highest BCUT2D eigenvalue weighted by Gasteiger charge is 2.35. The summed E-state index contributed by atoms with van der Waals surface area (Å²) in [5, 5.41) is 16.6. The van der Waals surface area contributed by atoms with E-state index >= 15 is 0 Å². The summed E-state index contributed by atoms with van der Waals surface area (Å²) in [6, 6.07) is 1.00. The maximum Gasteiger partial charge on any atom is 0.321 e. The molecule has 1 fully saturated rings. The number of likely N-dealkylation sites (N-methyl/N-ethyl adjacent to an activating group) is 1. The van der Waals surface area contributed by atoms with Crippen molar-refractivity contribution in [1.29, 1.82) is 0 Å². The number of carbonyl (C=O) groups excluding carboxylic acids is 2. The topological polar surface area (TPSA) is 121 Å². The van der Waals surface area contributed by atoms with Gasteiger partial charge in [0, 0.05) is 37.2 Å². The second kappa shape index (κ2) is 12.5. The first-order valence-electron chi connectivity index (χ1n) is 13.7. The van der Waals surface area contributed by atoms with Gasteiger partial charge in [-0.2, -0.15) is 0 Å². The van der Waals surface area contributed by atoms with Crippen LogP contribution in [0, 0.1) is 37.5 Å². The summed E-state index contributed by atoms with van der Waals surface area (Å²) in [4.78, 5) is 34.3. The summed E-state index contributed by atoms with van der Waals surface area (Å²) in [7, 11) is 1.68. The van der Waals surface area contributed by atoms with E-state index in [9.17, 15) is 14.7 Å². The summed E-state index contributed by atoms with van der Waals surface area (Å²) in [6.45, 7) is 7.69. The van der Waals surface area contributed by atoms with E-state index in [0.29, 0.717) is 40.7 Å². The average Bonchev–Trinajstić information content (AvgIpc) is 3.25. The fourth-order valence-corrected chi connectivity index (χ4v) is 5.04. The monoisotopic (exact) mass is 537 g/mol. The van der Waals surface area contributed by atoms with E-state index in [1.165, 1.54) is 24.2 Å². The Morgan fingerprint density at radius 3 is 2.72 bits per heavy atom. The van der Waals surface area contributed by atoms with Crippen LogP contribution in [-0.4, -0.2) is 75.9 Å². The molecule has 210 valence electrons. The molecule has 2 N–H and O–H groups in total. The number of aromatic nitrogens is 2. The number of aryl methyl sites for hydroxylation is 2. The van der Waals surface area contributed by atoms with Gasteiger partial charge in [0.2, 0.25) is 5.88 Å². The van der Waals surface area contributed by atoms with Crippen LogP contribution in [0.25, 0.3) is 0 Å². The van der Waals surface area contributed by atoms with Crippen LogP contribution in [-0.2, 0) is 0 Å². The Balaban J connectivity index is 1.58. The molecule has 1 aliphatic heterocycles. The van der Waals surface area contributed by atoms with Crippen molar-refractivity contribution in [3.8, 4) is 17.7 Å². The van der Waals surface area contributed by atoms with Crippen LogP contribution in [0.15, 0.2) is 16.8 Å². The highest BCUT2D eigenvalue weighted by molar-refractivity contribution is 5.97. The maximum absolute atomic E-state index is 13.6. The lowest BCUT2D eigenvalue weighted by Gasteiger charge is -2.37. The molecule has 4 rings (SSSR count). The number of ether oxygens (including phenoxy) is 1. The molecule has 2 aliphatic rings. The van der Waals surface area contributed by atoms with Gasteiger partial charge >= 0.3 is 6.03 Å². The molecular formula is C29H39N5O5. The lowest BCUT2D eigenvalue weighted by Crippen LogP contribution is -2.50. The predicted octanol–water partition coefficient (Wildman–Crippen LogP) is 4.00. The van der Waals surface area contributed by atoms with Gasteiger partial charge in [0.15, 0.2) is 5.76 Å². The average molecular weight is 538 g/mol. The van der Waals surface area contributed by atoms with Gasteiger partial charge in [0.05, 0.1) is 19.2 Å². The zero-order valence-electron chi connectivity index (χ0n) is 23.5. The van der Waals surface area contributed by atoms with Gasteiger partial charge < -0.3 is 29.5 Å². The normalized spacial score (nSPS) is 20.6. The zero-order chi connectivity index (χ0) is 28.1. The Bertz CT molecular complexity index is 1220. The van der Waals surface area contributed by atoms with E-state index in [-0.39, 0.29) is 36.9 Å². The second-order valence-corrected chi connectivity index (χ2v) is 10.8. The van der Waals surface area contributed by atoms with E-state index in [1.54, 1.807) is 38.1 Å². The van der Waals surface area contributed by atoms with Crippen LogP contribution in [0.2, 0.25) is 0 Å². The molecular weight excluding hydrogens is 498 g/mol. The number of aliphatic hydroxyl groups is 1. The van der Waals surface area contributed by atoms with Crippen molar-refractivity contribution in [3.05, 3.63) is 34.8 Å². The van der Waals surface area contributed by atoms with Crippen molar-refractivity contribution in [2.45, 2.75) is 71.9 Å². The van der Waals surface area contributed by atoms with Crippen LogP contribution < -0.4 is 10.1 Å². The standard InChI is InChI=1S/C29H39N5O5/c1-18-15-34(19(2)17-35)28(36)24-13-23(12-11-22-9-7-6-8-10-22)14-30-27(24)38-25(18)16-33(5)29(37)31-26-20(3)32-39-21(26)4/h13-14,18-19,22,25,35H,6-10,15-17H2,1-5H3,(H,31,37)/t18-,19-,25-/m0/s1. The second-order valence-electron chi connectivity index (χ2n) is 10.8. The smallest absolute Gasteiger partial charge is 0.321 e. The van der Waals surface area contributed by atoms with Crippen LogP contribution >= 0.6 is 0 Å². The van der Waals surface area contributed by atoms with Crippen molar-refractivity contribution < 1.29 is 24.0 Å². The maximum atomic E-state index is 13.6. The Morgan fingerprint density at radius 2 is 2.05 bits per heavy atom. The molecule has 2 aromatic rings. The molecule has 1 aliphatic carbocycles. The van der Waals surface area contributed by atoms with E-state index in [4.69, 9.17) is 9.26 Å². The van der Waals surface area contributed by atoms with Crippen LogP contribution in [0.3, 0.4) is 0 Å². The van der Waals surface area contributed by atoms with Crippen molar-refractivity contribution in [2.24, 2.45) is 11.8 Å². The molecule has 0 radical (unpaired) electrons.